The molecule has 0 aliphatic rings. The molecule has 1 aromatic heterocycles. The highest BCUT2D eigenvalue weighted by atomic mass is 16.1. The third kappa shape index (κ3) is 2.01. The molecule has 0 N–H and O–H groups in total. The maximum absolute atomic E-state index is 10.9. The molecule has 80 valence electrons. The summed E-state index contributed by atoms with van der Waals surface area (Å²) in [7, 11) is 0. The van der Waals surface area contributed by atoms with E-state index in [9.17, 15) is 4.79 Å². The van der Waals surface area contributed by atoms with E-state index in [4.69, 9.17) is 0 Å². The first-order chi connectivity index (χ1) is 7.70. The monoisotopic (exact) mass is 211 g/mol. The lowest BCUT2D eigenvalue weighted by Gasteiger charge is -2.06. The van der Waals surface area contributed by atoms with Crippen LogP contribution < -0.4 is 0 Å². The van der Waals surface area contributed by atoms with Crippen LogP contribution in [0.3, 0.4) is 0 Å². The lowest BCUT2D eigenvalue weighted by molar-refractivity contribution is 0.112. The maximum Gasteiger partial charge on any atom is 0.152 e. The van der Waals surface area contributed by atoms with E-state index in [0.29, 0.717) is 5.56 Å². The van der Waals surface area contributed by atoms with Crippen molar-refractivity contribution in [3.05, 3.63) is 53.2 Å². The molecule has 16 heavy (non-hydrogen) atoms. The van der Waals surface area contributed by atoms with E-state index in [-0.39, 0.29) is 0 Å². The third-order valence-electron chi connectivity index (χ3n) is 2.46. The summed E-state index contributed by atoms with van der Waals surface area (Å²) in [4.78, 5) is 15.2. The second-order valence-electron chi connectivity index (χ2n) is 3.94. The van der Waals surface area contributed by atoms with E-state index in [1.807, 2.05) is 26.0 Å². The number of aromatic nitrogens is 1. The van der Waals surface area contributed by atoms with E-state index in [2.05, 4.69) is 11.1 Å². The van der Waals surface area contributed by atoms with Crippen LogP contribution in [0.2, 0.25) is 0 Å². The third-order valence-corrected chi connectivity index (χ3v) is 2.46. The largest absolute Gasteiger partial charge is 0.298 e. The molecule has 0 spiro atoms. The molecule has 0 saturated carbocycles. The fourth-order valence-electron chi connectivity index (χ4n) is 1.87. The van der Waals surface area contributed by atoms with Crippen LogP contribution in [0.4, 0.5) is 0 Å². The van der Waals surface area contributed by atoms with Gasteiger partial charge in [-0.15, -0.1) is 0 Å². The molecule has 0 atom stereocenters. The Kier molecular flexibility index (Phi) is 2.82. The predicted molar refractivity (Wildman–Crippen MR) is 64.5 cm³/mol. The highest BCUT2D eigenvalue weighted by molar-refractivity contribution is 5.85. The Morgan fingerprint density at radius 1 is 1.12 bits per heavy atom. The quantitative estimate of drug-likeness (QED) is 0.714. The van der Waals surface area contributed by atoms with Crippen molar-refractivity contribution < 1.29 is 4.79 Å². The van der Waals surface area contributed by atoms with Gasteiger partial charge in [0, 0.05) is 17.3 Å². The van der Waals surface area contributed by atoms with E-state index in [1.54, 1.807) is 18.3 Å². The van der Waals surface area contributed by atoms with Gasteiger partial charge in [-0.3, -0.25) is 9.78 Å². The zero-order valence-corrected chi connectivity index (χ0v) is 9.40. The van der Waals surface area contributed by atoms with Gasteiger partial charge in [-0.2, -0.15) is 0 Å². The molecular weight excluding hydrogens is 198 g/mol. The van der Waals surface area contributed by atoms with Gasteiger partial charge in [-0.25, -0.2) is 0 Å². The van der Waals surface area contributed by atoms with Crippen LogP contribution in [0.5, 0.6) is 0 Å². The van der Waals surface area contributed by atoms with Crippen molar-refractivity contribution >= 4 is 6.29 Å². The summed E-state index contributed by atoms with van der Waals surface area (Å²) >= 11 is 0. The summed E-state index contributed by atoms with van der Waals surface area (Å²) in [6.07, 6.45) is 2.56. The van der Waals surface area contributed by atoms with Crippen LogP contribution in [0.1, 0.15) is 21.5 Å². The van der Waals surface area contributed by atoms with Crippen LogP contribution in [0.15, 0.2) is 36.5 Å². The number of hydrogen-bond acceptors (Lipinski definition) is 2. The first-order valence-corrected chi connectivity index (χ1v) is 5.19. The normalized spacial score (nSPS) is 10.1. The molecule has 0 aliphatic carbocycles. The van der Waals surface area contributed by atoms with Crippen molar-refractivity contribution in [2.75, 3.05) is 0 Å². The molecule has 1 aromatic carbocycles. The van der Waals surface area contributed by atoms with Crippen LogP contribution in [0, 0.1) is 13.8 Å². The van der Waals surface area contributed by atoms with Gasteiger partial charge in [-0.1, -0.05) is 17.2 Å². The highest BCUT2D eigenvalue weighted by Gasteiger charge is 2.05. The van der Waals surface area contributed by atoms with Crippen molar-refractivity contribution in [1.82, 2.24) is 4.98 Å². The van der Waals surface area contributed by atoms with Gasteiger partial charge in [0.25, 0.3) is 0 Å². The molecular formula is C14H13NO. The molecule has 0 saturated heterocycles. The molecule has 0 amide bonds. The first kappa shape index (κ1) is 10.6. The average Bonchev–Trinajstić information content (AvgIpc) is 2.27. The molecule has 1 heterocycles. The molecule has 0 radical (unpaired) electrons. The molecule has 0 fully saturated rings. The van der Waals surface area contributed by atoms with Crippen molar-refractivity contribution in [2.24, 2.45) is 0 Å². The Hall–Kier alpha value is -1.96. The van der Waals surface area contributed by atoms with Gasteiger partial charge in [0.2, 0.25) is 0 Å². The summed E-state index contributed by atoms with van der Waals surface area (Å²) in [6, 6.07) is 9.75. The Bertz CT molecular complexity index is 512. The molecule has 0 bridgehead atoms. The topological polar surface area (TPSA) is 30.0 Å². The number of pyridine rings is 1. The molecule has 2 nitrogen and oxygen atoms in total. The van der Waals surface area contributed by atoms with Gasteiger partial charge < -0.3 is 0 Å². The van der Waals surface area contributed by atoms with Crippen LogP contribution in [-0.4, -0.2) is 11.3 Å². The van der Waals surface area contributed by atoms with Crippen LogP contribution in [0.25, 0.3) is 11.3 Å². The summed E-state index contributed by atoms with van der Waals surface area (Å²) in [5, 5.41) is 0. The molecule has 0 unspecified atom stereocenters. The van der Waals surface area contributed by atoms with Gasteiger partial charge in [0.1, 0.15) is 0 Å². The van der Waals surface area contributed by atoms with Crippen molar-refractivity contribution in [2.45, 2.75) is 13.8 Å². The number of aryl methyl sites for hydroxylation is 2. The Morgan fingerprint density at radius 2 is 1.81 bits per heavy atom. The van der Waals surface area contributed by atoms with Crippen LogP contribution in [-0.2, 0) is 0 Å². The smallest absolute Gasteiger partial charge is 0.152 e. The van der Waals surface area contributed by atoms with E-state index in [1.165, 1.54) is 11.1 Å². The molecule has 2 aromatic rings. The van der Waals surface area contributed by atoms with E-state index < -0.39 is 0 Å². The molecule has 2 rings (SSSR count). The van der Waals surface area contributed by atoms with E-state index >= 15 is 0 Å². The highest BCUT2D eigenvalue weighted by Crippen LogP contribution is 2.22. The van der Waals surface area contributed by atoms with Gasteiger partial charge in [0.05, 0.1) is 5.69 Å². The minimum atomic E-state index is 0.632. The fourth-order valence-corrected chi connectivity index (χ4v) is 1.87. The lowest BCUT2D eigenvalue weighted by Crippen LogP contribution is -1.92. The summed E-state index contributed by atoms with van der Waals surface area (Å²) < 4.78 is 0. The second kappa shape index (κ2) is 4.27. The Balaban J connectivity index is 2.62. The standard InChI is InChI=1S/C14H13NO/c1-10-6-11(2)8-13(7-10)14-12(9-16)4-3-5-15-14/h3-9H,1-2H3. The number of rotatable bonds is 2. The molecule has 2 heteroatoms. The van der Waals surface area contributed by atoms with Crippen molar-refractivity contribution in [3.63, 3.8) is 0 Å². The summed E-state index contributed by atoms with van der Waals surface area (Å²) in [5.74, 6) is 0. The summed E-state index contributed by atoms with van der Waals surface area (Å²) in [6.45, 7) is 4.08. The van der Waals surface area contributed by atoms with Gasteiger partial charge >= 0.3 is 0 Å². The molecule has 0 aliphatic heterocycles. The Labute approximate surface area is 95.0 Å². The number of benzene rings is 1. The minimum Gasteiger partial charge on any atom is -0.298 e. The van der Waals surface area contributed by atoms with Crippen molar-refractivity contribution in [1.29, 1.82) is 0 Å². The second-order valence-corrected chi connectivity index (χ2v) is 3.94. The van der Waals surface area contributed by atoms with E-state index in [0.717, 1.165) is 17.5 Å². The number of carbonyl (C=O) groups is 1. The average molecular weight is 211 g/mol. The maximum atomic E-state index is 10.9. The zero-order valence-electron chi connectivity index (χ0n) is 9.40. The Morgan fingerprint density at radius 3 is 2.44 bits per heavy atom. The predicted octanol–water partition coefficient (Wildman–Crippen LogP) is 3.18. The number of carbonyl (C=O) groups excluding carboxylic acids is 1. The van der Waals surface area contributed by atoms with Crippen molar-refractivity contribution in [3.8, 4) is 11.3 Å². The number of aldehydes is 1. The van der Waals surface area contributed by atoms with Gasteiger partial charge in [-0.05, 0) is 38.1 Å². The summed E-state index contributed by atoms with van der Waals surface area (Å²) in [5.41, 5.74) is 4.74. The van der Waals surface area contributed by atoms with Crippen LogP contribution >= 0.6 is 0 Å². The number of nitrogens with zero attached hydrogens (tertiary/aromatic N) is 1. The SMILES string of the molecule is Cc1cc(C)cc(-c2ncccc2C=O)c1. The first-order valence-electron chi connectivity index (χ1n) is 5.19. The minimum absolute atomic E-state index is 0.632. The zero-order chi connectivity index (χ0) is 11.5. The number of hydrogen-bond donors (Lipinski definition) is 0. The lowest BCUT2D eigenvalue weighted by atomic mass is 10.0. The van der Waals surface area contributed by atoms with Gasteiger partial charge in [0.15, 0.2) is 6.29 Å². The fraction of sp³-hybridized carbons (Fsp3) is 0.143.